The van der Waals surface area contributed by atoms with E-state index in [1.807, 2.05) is 38.1 Å². The molecule has 1 saturated heterocycles. The summed E-state index contributed by atoms with van der Waals surface area (Å²) in [6.07, 6.45) is 5.04. The fourth-order valence-corrected chi connectivity index (χ4v) is 3.31. The van der Waals surface area contributed by atoms with Crippen molar-refractivity contribution in [1.82, 2.24) is 9.97 Å². The molecule has 0 bridgehead atoms. The predicted octanol–water partition coefficient (Wildman–Crippen LogP) is 4.01. The van der Waals surface area contributed by atoms with Gasteiger partial charge in [-0.15, -0.1) is 0 Å². The van der Waals surface area contributed by atoms with Gasteiger partial charge in [0.25, 0.3) is 0 Å². The van der Waals surface area contributed by atoms with Crippen LogP contribution in [-0.2, 0) is 4.74 Å². The number of rotatable bonds is 4. The van der Waals surface area contributed by atoms with Gasteiger partial charge in [-0.2, -0.15) is 0 Å². The number of ether oxygens (including phenoxy) is 1. The summed E-state index contributed by atoms with van der Waals surface area (Å²) in [7, 11) is 0. The molecule has 1 fully saturated rings. The lowest BCUT2D eigenvalue weighted by Gasteiger charge is -2.35. The van der Waals surface area contributed by atoms with E-state index in [0.29, 0.717) is 29.9 Å². The van der Waals surface area contributed by atoms with Crippen LogP contribution in [0.2, 0.25) is 0 Å². The number of carbonyl (C=O) groups is 1. The molecule has 1 unspecified atom stereocenters. The lowest BCUT2D eigenvalue weighted by molar-refractivity contribution is 0.0526. The number of hydrogen-bond acceptors (Lipinski definition) is 5. The summed E-state index contributed by atoms with van der Waals surface area (Å²) in [6.45, 7) is 7.28. The SMILES string of the molecule is CCOC(=O)c1cnc(-c2ccccc2C)nc1N1CCCCC1C. The van der Waals surface area contributed by atoms with E-state index < -0.39 is 0 Å². The van der Waals surface area contributed by atoms with E-state index in [1.165, 1.54) is 6.42 Å². The minimum atomic E-state index is -0.355. The Kier molecular flexibility index (Phi) is 5.31. The molecule has 25 heavy (non-hydrogen) atoms. The van der Waals surface area contributed by atoms with Crippen molar-refractivity contribution in [3.05, 3.63) is 41.6 Å². The Morgan fingerprint density at radius 1 is 1.32 bits per heavy atom. The number of esters is 1. The Labute approximate surface area is 149 Å². The van der Waals surface area contributed by atoms with Gasteiger partial charge in [0.1, 0.15) is 11.4 Å². The monoisotopic (exact) mass is 339 g/mol. The van der Waals surface area contributed by atoms with E-state index >= 15 is 0 Å². The molecule has 0 amide bonds. The van der Waals surface area contributed by atoms with Crippen LogP contribution >= 0.6 is 0 Å². The van der Waals surface area contributed by atoms with Gasteiger partial charge in [0, 0.05) is 24.3 Å². The third-order valence-corrected chi connectivity index (χ3v) is 4.72. The Bertz CT molecular complexity index is 760. The predicted molar refractivity (Wildman–Crippen MR) is 98.8 cm³/mol. The highest BCUT2D eigenvalue weighted by molar-refractivity contribution is 5.95. The van der Waals surface area contributed by atoms with Gasteiger partial charge in [-0.3, -0.25) is 0 Å². The second-order valence-corrected chi connectivity index (χ2v) is 6.50. The second-order valence-electron chi connectivity index (χ2n) is 6.50. The van der Waals surface area contributed by atoms with Crippen LogP contribution in [0.4, 0.5) is 5.82 Å². The van der Waals surface area contributed by atoms with Crippen LogP contribution in [0.3, 0.4) is 0 Å². The largest absolute Gasteiger partial charge is 0.462 e. The van der Waals surface area contributed by atoms with Crippen LogP contribution in [-0.4, -0.2) is 35.1 Å². The van der Waals surface area contributed by atoms with Gasteiger partial charge in [0.05, 0.1) is 6.61 Å². The van der Waals surface area contributed by atoms with Crippen molar-refractivity contribution < 1.29 is 9.53 Å². The highest BCUT2D eigenvalue weighted by atomic mass is 16.5. The third-order valence-electron chi connectivity index (χ3n) is 4.72. The molecule has 0 radical (unpaired) electrons. The molecule has 2 heterocycles. The van der Waals surface area contributed by atoms with Crippen LogP contribution in [0.5, 0.6) is 0 Å². The summed E-state index contributed by atoms with van der Waals surface area (Å²) in [5.41, 5.74) is 2.56. The molecule has 1 atom stereocenters. The molecule has 132 valence electrons. The molecule has 1 aliphatic rings. The Balaban J connectivity index is 2.08. The number of aryl methyl sites for hydroxylation is 1. The van der Waals surface area contributed by atoms with E-state index in [4.69, 9.17) is 9.72 Å². The van der Waals surface area contributed by atoms with E-state index in [9.17, 15) is 4.79 Å². The first-order valence-electron chi connectivity index (χ1n) is 8.98. The minimum Gasteiger partial charge on any atom is -0.462 e. The van der Waals surface area contributed by atoms with Crippen molar-refractivity contribution in [2.75, 3.05) is 18.1 Å². The van der Waals surface area contributed by atoms with Gasteiger partial charge in [0.2, 0.25) is 0 Å². The molecule has 2 aromatic rings. The first-order valence-corrected chi connectivity index (χ1v) is 8.98. The number of nitrogens with zero attached hydrogens (tertiary/aromatic N) is 3. The van der Waals surface area contributed by atoms with Crippen molar-refractivity contribution >= 4 is 11.8 Å². The van der Waals surface area contributed by atoms with Gasteiger partial charge in [-0.25, -0.2) is 14.8 Å². The van der Waals surface area contributed by atoms with Crippen LogP contribution in [0.25, 0.3) is 11.4 Å². The molecule has 1 aromatic carbocycles. The molecule has 3 rings (SSSR count). The zero-order chi connectivity index (χ0) is 17.8. The van der Waals surface area contributed by atoms with Gasteiger partial charge < -0.3 is 9.64 Å². The standard InChI is InChI=1S/C20H25N3O2/c1-4-25-20(24)17-13-21-18(16-11-6-5-9-14(16)2)22-19(17)23-12-8-7-10-15(23)3/h5-6,9,11,13,15H,4,7-8,10,12H2,1-3H3. The molecule has 5 heteroatoms. The van der Waals surface area contributed by atoms with E-state index in [0.717, 1.165) is 30.5 Å². The topological polar surface area (TPSA) is 55.3 Å². The summed E-state index contributed by atoms with van der Waals surface area (Å²) >= 11 is 0. The van der Waals surface area contributed by atoms with Crippen molar-refractivity contribution in [2.45, 2.75) is 46.1 Å². The molecule has 0 spiro atoms. The first kappa shape index (κ1) is 17.4. The second kappa shape index (κ2) is 7.64. The number of hydrogen-bond donors (Lipinski definition) is 0. The highest BCUT2D eigenvalue weighted by Gasteiger charge is 2.26. The van der Waals surface area contributed by atoms with Crippen LogP contribution < -0.4 is 4.90 Å². The maximum atomic E-state index is 12.4. The zero-order valence-electron chi connectivity index (χ0n) is 15.2. The van der Waals surface area contributed by atoms with Crippen LogP contribution in [0, 0.1) is 6.92 Å². The third kappa shape index (κ3) is 3.65. The molecular formula is C20H25N3O2. The summed E-state index contributed by atoms with van der Waals surface area (Å²) in [4.78, 5) is 23.9. The summed E-state index contributed by atoms with van der Waals surface area (Å²) in [5, 5.41) is 0. The smallest absolute Gasteiger partial charge is 0.343 e. The number of piperidine rings is 1. The quantitative estimate of drug-likeness (QED) is 0.788. The van der Waals surface area contributed by atoms with Crippen LogP contribution in [0.1, 0.15) is 49.0 Å². The van der Waals surface area contributed by atoms with Gasteiger partial charge >= 0.3 is 5.97 Å². The molecule has 0 N–H and O–H groups in total. The number of carbonyl (C=O) groups excluding carboxylic acids is 1. The number of aromatic nitrogens is 2. The average molecular weight is 339 g/mol. The highest BCUT2D eigenvalue weighted by Crippen LogP contribution is 2.29. The van der Waals surface area contributed by atoms with Crippen molar-refractivity contribution in [3.63, 3.8) is 0 Å². The van der Waals surface area contributed by atoms with E-state index in [-0.39, 0.29) is 5.97 Å². The molecule has 0 saturated carbocycles. The maximum Gasteiger partial charge on any atom is 0.343 e. The summed E-state index contributed by atoms with van der Waals surface area (Å²) in [5.74, 6) is 0.990. The lowest BCUT2D eigenvalue weighted by atomic mass is 10.0. The average Bonchev–Trinajstić information content (AvgIpc) is 2.62. The van der Waals surface area contributed by atoms with Crippen LogP contribution in [0.15, 0.2) is 30.5 Å². The molecule has 1 aromatic heterocycles. The summed E-state index contributed by atoms with van der Waals surface area (Å²) in [6, 6.07) is 8.38. The molecule has 1 aliphatic heterocycles. The zero-order valence-corrected chi connectivity index (χ0v) is 15.2. The Hall–Kier alpha value is -2.43. The molecule has 5 nitrogen and oxygen atoms in total. The van der Waals surface area contributed by atoms with Gasteiger partial charge in [-0.05, 0) is 45.6 Å². The molecular weight excluding hydrogens is 314 g/mol. The van der Waals surface area contributed by atoms with Crippen molar-refractivity contribution in [2.24, 2.45) is 0 Å². The van der Waals surface area contributed by atoms with Gasteiger partial charge in [0.15, 0.2) is 5.82 Å². The normalized spacial score (nSPS) is 17.4. The van der Waals surface area contributed by atoms with E-state index in [2.05, 4.69) is 16.8 Å². The number of benzene rings is 1. The Morgan fingerprint density at radius 3 is 2.84 bits per heavy atom. The Morgan fingerprint density at radius 2 is 2.12 bits per heavy atom. The van der Waals surface area contributed by atoms with Crippen molar-refractivity contribution in [3.8, 4) is 11.4 Å². The first-order chi connectivity index (χ1) is 12.1. The van der Waals surface area contributed by atoms with Gasteiger partial charge in [-0.1, -0.05) is 24.3 Å². The summed E-state index contributed by atoms with van der Waals surface area (Å²) < 4.78 is 5.22. The minimum absolute atomic E-state index is 0.341. The fraction of sp³-hybridized carbons (Fsp3) is 0.450. The van der Waals surface area contributed by atoms with Crippen molar-refractivity contribution in [1.29, 1.82) is 0 Å². The fourth-order valence-electron chi connectivity index (χ4n) is 3.31. The maximum absolute atomic E-state index is 12.4. The molecule has 0 aliphatic carbocycles. The number of anilines is 1. The van der Waals surface area contributed by atoms with E-state index in [1.54, 1.807) is 6.20 Å². The lowest BCUT2D eigenvalue weighted by Crippen LogP contribution is -2.39.